The maximum absolute atomic E-state index is 11.9. The molecule has 0 radical (unpaired) electrons. The Bertz CT molecular complexity index is 895. The van der Waals surface area contributed by atoms with Gasteiger partial charge in [0.1, 0.15) is 11.6 Å². The van der Waals surface area contributed by atoms with Gasteiger partial charge < -0.3 is 20.3 Å². The van der Waals surface area contributed by atoms with Crippen LogP contribution in [0.3, 0.4) is 0 Å². The molecule has 0 unspecified atom stereocenters. The number of carbonyl (C=O) groups excluding carboxylic acids is 1. The van der Waals surface area contributed by atoms with Crippen LogP contribution in [0.15, 0.2) is 31.0 Å². The van der Waals surface area contributed by atoms with Crippen LogP contribution >= 0.6 is 11.3 Å². The van der Waals surface area contributed by atoms with E-state index < -0.39 is 0 Å². The molecule has 9 heteroatoms. The van der Waals surface area contributed by atoms with Crippen molar-refractivity contribution in [3.8, 4) is 0 Å². The number of hydrogen-bond acceptors (Lipinski definition) is 8. The van der Waals surface area contributed by atoms with Gasteiger partial charge in [-0.2, -0.15) is 0 Å². The van der Waals surface area contributed by atoms with Crippen molar-refractivity contribution in [3.05, 3.63) is 41.4 Å². The molecule has 2 aromatic rings. The Morgan fingerprint density at radius 3 is 2.87 bits per heavy atom. The van der Waals surface area contributed by atoms with Crippen molar-refractivity contribution in [1.82, 2.24) is 19.8 Å². The molecule has 2 aliphatic rings. The number of carbonyl (C=O) groups is 1. The summed E-state index contributed by atoms with van der Waals surface area (Å²) in [4.78, 5) is 26.4. The number of ether oxygens (including phenoxy) is 1. The van der Waals surface area contributed by atoms with Crippen LogP contribution in [0, 0.1) is 6.92 Å². The van der Waals surface area contributed by atoms with Crippen molar-refractivity contribution >= 4 is 34.0 Å². The molecule has 4 heterocycles. The third-order valence-electron chi connectivity index (χ3n) is 5.28. The molecule has 160 valence electrons. The first kappa shape index (κ1) is 20.8. The van der Waals surface area contributed by atoms with E-state index in [-0.39, 0.29) is 11.9 Å². The van der Waals surface area contributed by atoms with Crippen molar-refractivity contribution in [2.24, 2.45) is 0 Å². The van der Waals surface area contributed by atoms with Gasteiger partial charge in [0.05, 0.1) is 13.2 Å². The zero-order valence-electron chi connectivity index (χ0n) is 17.3. The van der Waals surface area contributed by atoms with Crippen molar-refractivity contribution < 1.29 is 9.53 Å². The molecule has 2 aliphatic heterocycles. The van der Waals surface area contributed by atoms with E-state index in [0.29, 0.717) is 6.54 Å². The fourth-order valence-electron chi connectivity index (χ4n) is 3.77. The van der Waals surface area contributed by atoms with Crippen LogP contribution < -0.4 is 10.6 Å². The Hall–Kier alpha value is -2.49. The fraction of sp³-hybridized carbons (Fsp3) is 0.476. The van der Waals surface area contributed by atoms with Gasteiger partial charge in [-0.15, -0.1) is 11.3 Å². The predicted molar refractivity (Wildman–Crippen MR) is 119 cm³/mol. The van der Waals surface area contributed by atoms with Crippen LogP contribution in [0.4, 0.5) is 16.8 Å². The number of nitrogens with one attached hydrogen (secondary N) is 2. The lowest BCUT2D eigenvalue weighted by Gasteiger charge is -2.27. The summed E-state index contributed by atoms with van der Waals surface area (Å²) in [5.74, 6) is 1.57. The monoisotopic (exact) mass is 428 g/mol. The SMILES string of the molecule is C=CC(=O)N1CC[C@@H](Nc2cc(CN3CCOCC3)cc(Nc3ncc(C)s3)n2)C1. The molecule has 0 spiro atoms. The van der Waals surface area contributed by atoms with Crippen molar-refractivity contribution in [2.45, 2.75) is 25.9 Å². The van der Waals surface area contributed by atoms with E-state index in [0.717, 1.165) is 67.5 Å². The van der Waals surface area contributed by atoms with E-state index in [9.17, 15) is 4.79 Å². The number of anilines is 3. The van der Waals surface area contributed by atoms with E-state index in [1.165, 1.54) is 11.6 Å². The smallest absolute Gasteiger partial charge is 0.246 e. The van der Waals surface area contributed by atoms with Crippen LogP contribution in [0.5, 0.6) is 0 Å². The highest BCUT2D eigenvalue weighted by Gasteiger charge is 2.25. The van der Waals surface area contributed by atoms with E-state index in [4.69, 9.17) is 9.72 Å². The zero-order chi connectivity index (χ0) is 20.9. The van der Waals surface area contributed by atoms with Gasteiger partial charge in [-0.05, 0) is 37.1 Å². The van der Waals surface area contributed by atoms with Gasteiger partial charge in [0.15, 0.2) is 5.13 Å². The van der Waals surface area contributed by atoms with Gasteiger partial charge in [0.25, 0.3) is 0 Å². The number of pyridine rings is 1. The Kier molecular flexibility index (Phi) is 6.61. The highest BCUT2D eigenvalue weighted by molar-refractivity contribution is 7.15. The Morgan fingerprint density at radius 2 is 2.13 bits per heavy atom. The lowest BCUT2D eigenvalue weighted by Crippen LogP contribution is -2.35. The summed E-state index contributed by atoms with van der Waals surface area (Å²) in [5.41, 5.74) is 1.18. The fourth-order valence-corrected chi connectivity index (χ4v) is 4.44. The lowest BCUT2D eigenvalue weighted by molar-refractivity contribution is -0.125. The van der Waals surface area contributed by atoms with Crippen molar-refractivity contribution in [1.29, 1.82) is 0 Å². The second-order valence-corrected chi connectivity index (χ2v) is 8.89. The average molecular weight is 429 g/mol. The maximum Gasteiger partial charge on any atom is 0.246 e. The van der Waals surface area contributed by atoms with E-state index in [1.54, 1.807) is 11.3 Å². The third kappa shape index (κ3) is 5.35. The first-order valence-electron chi connectivity index (χ1n) is 10.3. The number of amides is 1. The van der Waals surface area contributed by atoms with E-state index in [2.05, 4.69) is 39.2 Å². The van der Waals surface area contributed by atoms with Crippen LogP contribution in [0.2, 0.25) is 0 Å². The highest BCUT2D eigenvalue weighted by atomic mass is 32.1. The molecular formula is C21H28N6O2S. The minimum absolute atomic E-state index is 0.0187. The van der Waals surface area contributed by atoms with Gasteiger partial charge in [-0.25, -0.2) is 9.97 Å². The number of nitrogens with zero attached hydrogens (tertiary/aromatic N) is 4. The molecule has 8 nitrogen and oxygen atoms in total. The molecule has 0 bridgehead atoms. The lowest BCUT2D eigenvalue weighted by atomic mass is 10.2. The van der Waals surface area contributed by atoms with E-state index in [1.807, 2.05) is 18.0 Å². The number of aromatic nitrogens is 2. The van der Waals surface area contributed by atoms with Crippen LogP contribution in [0.25, 0.3) is 0 Å². The molecule has 0 aromatic carbocycles. The highest BCUT2D eigenvalue weighted by Crippen LogP contribution is 2.25. The summed E-state index contributed by atoms with van der Waals surface area (Å²) in [7, 11) is 0. The second-order valence-electron chi connectivity index (χ2n) is 7.65. The Morgan fingerprint density at radius 1 is 1.33 bits per heavy atom. The summed E-state index contributed by atoms with van der Waals surface area (Å²) >= 11 is 1.61. The summed E-state index contributed by atoms with van der Waals surface area (Å²) in [6, 6.07) is 4.36. The van der Waals surface area contributed by atoms with Gasteiger partial charge in [-0.1, -0.05) is 6.58 Å². The van der Waals surface area contributed by atoms with Crippen LogP contribution in [-0.4, -0.2) is 71.1 Å². The molecule has 2 saturated heterocycles. The second kappa shape index (κ2) is 9.55. The molecule has 30 heavy (non-hydrogen) atoms. The van der Waals surface area contributed by atoms with Crippen molar-refractivity contribution in [2.75, 3.05) is 50.0 Å². The first-order valence-corrected chi connectivity index (χ1v) is 11.1. The van der Waals surface area contributed by atoms with E-state index >= 15 is 0 Å². The van der Waals surface area contributed by atoms with Crippen LogP contribution in [-0.2, 0) is 16.1 Å². The molecular weight excluding hydrogens is 400 g/mol. The van der Waals surface area contributed by atoms with Gasteiger partial charge in [0.2, 0.25) is 5.91 Å². The number of likely N-dealkylation sites (tertiary alicyclic amines) is 1. The normalized spacial score (nSPS) is 19.6. The first-order chi connectivity index (χ1) is 14.6. The number of aryl methyl sites for hydroxylation is 1. The van der Waals surface area contributed by atoms with Gasteiger partial charge >= 0.3 is 0 Å². The third-order valence-corrected chi connectivity index (χ3v) is 6.11. The molecule has 2 N–H and O–H groups in total. The van der Waals surface area contributed by atoms with Gasteiger partial charge in [-0.3, -0.25) is 9.69 Å². The summed E-state index contributed by atoms with van der Waals surface area (Å²) in [6.45, 7) is 11.3. The molecule has 2 aromatic heterocycles. The Balaban J connectivity index is 1.50. The standard InChI is InChI=1S/C21H28N6O2S/c1-3-20(28)27-5-4-17(14-27)23-18-10-16(13-26-6-8-29-9-7-26)11-19(24-18)25-21-22-12-15(2)30-21/h3,10-12,17H,1,4-9,13-14H2,2H3,(H2,22,23,24,25)/t17-/m1/s1. The minimum atomic E-state index is -0.0187. The minimum Gasteiger partial charge on any atom is -0.379 e. The molecule has 1 atom stereocenters. The molecule has 0 aliphatic carbocycles. The number of rotatable bonds is 7. The molecule has 0 saturated carbocycles. The number of thiazole rings is 1. The quantitative estimate of drug-likeness (QED) is 0.656. The molecule has 4 rings (SSSR count). The molecule has 2 fully saturated rings. The topological polar surface area (TPSA) is 82.6 Å². The zero-order valence-corrected chi connectivity index (χ0v) is 18.1. The number of hydrogen-bond donors (Lipinski definition) is 2. The predicted octanol–water partition coefficient (Wildman–Crippen LogP) is 2.62. The summed E-state index contributed by atoms with van der Waals surface area (Å²) < 4.78 is 5.47. The maximum atomic E-state index is 11.9. The van der Waals surface area contributed by atoms with Gasteiger partial charge in [0, 0.05) is 49.8 Å². The van der Waals surface area contributed by atoms with Crippen molar-refractivity contribution in [3.63, 3.8) is 0 Å². The summed E-state index contributed by atoms with van der Waals surface area (Å²) in [5, 5.41) is 7.69. The molecule has 1 amide bonds. The van der Waals surface area contributed by atoms with Crippen LogP contribution in [0.1, 0.15) is 16.9 Å². The largest absolute Gasteiger partial charge is 0.379 e. The average Bonchev–Trinajstić information content (AvgIpc) is 3.37. The Labute approximate surface area is 181 Å². The number of morpholine rings is 1. The summed E-state index contributed by atoms with van der Waals surface area (Å²) in [6.07, 6.45) is 4.12.